The topological polar surface area (TPSA) is 50.8 Å². The molecule has 1 fully saturated rings. The van der Waals surface area contributed by atoms with Crippen molar-refractivity contribution < 1.29 is 0 Å². The van der Waals surface area contributed by atoms with Crippen molar-refractivity contribution in [3.05, 3.63) is 83.9 Å². The molecule has 1 atom stereocenters. The molecule has 1 heterocycles. The van der Waals surface area contributed by atoms with Gasteiger partial charge in [0.15, 0.2) is 5.41 Å². The van der Waals surface area contributed by atoms with E-state index >= 15 is 0 Å². The van der Waals surface area contributed by atoms with E-state index in [2.05, 4.69) is 35.8 Å². The second kappa shape index (κ2) is 6.08. The molecule has 0 saturated carbocycles. The third-order valence-corrected chi connectivity index (χ3v) is 4.42. The SMILES string of the molecule is C=C1CN(Cc2ccccc2)C(c2ccccc2)C1(C#N)C#N. The molecule has 1 unspecified atom stereocenters. The molecule has 0 radical (unpaired) electrons. The van der Waals surface area contributed by atoms with Crippen LogP contribution in [0, 0.1) is 28.1 Å². The van der Waals surface area contributed by atoms with Gasteiger partial charge >= 0.3 is 0 Å². The zero-order valence-corrected chi connectivity index (χ0v) is 12.8. The lowest BCUT2D eigenvalue weighted by molar-refractivity contribution is 0.214. The second-order valence-corrected chi connectivity index (χ2v) is 5.84. The van der Waals surface area contributed by atoms with Crippen molar-refractivity contribution in [1.29, 1.82) is 10.5 Å². The van der Waals surface area contributed by atoms with Crippen LogP contribution in [0.2, 0.25) is 0 Å². The predicted molar refractivity (Wildman–Crippen MR) is 88.8 cm³/mol. The first-order valence-electron chi connectivity index (χ1n) is 7.55. The molecule has 2 aromatic carbocycles. The molecule has 3 heteroatoms. The Bertz CT molecular complexity index is 767. The van der Waals surface area contributed by atoms with Gasteiger partial charge in [0.1, 0.15) is 0 Å². The summed E-state index contributed by atoms with van der Waals surface area (Å²) in [5, 5.41) is 19.5. The lowest BCUT2D eigenvalue weighted by atomic mass is 9.77. The quantitative estimate of drug-likeness (QED) is 0.809. The molecule has 2 aromatic rings. The van der Waals surface area contributed by atoms with Crippen LogP contribution in [0.4, 0.5) is 0 Å². The Balaban J connectivity index is 2.04. The van der Waals surface area contributed by atoms with E-state index in [9.17, 15) is 10.5 Å². The maximum atomic E-state index is 9.74. The molecular formula is C20H17N3. The molecule has 0 aromatic heterocycles. The number of likely N-dealkylation sites (tertiary alicyclic amines) is 1. The Kier molecular flexibility index (Phi) is 3.98. The van der Waals surface area contributed by atoms with Crippen LogP contribution in [-0.2, 0) is 6.54 Å². The minimum Gasteiger partial charge on any atom is -0.285 e. The molecule has 1 aliphatic heterocycles. The highest BCUT2D eigenvalue weighted by molar-refractivity contribution is 5.44. The molecule has 0 bridgehead atoms. The number of benzene rings is 2. The second-order valence-electron chi connectivity index (χ2n) is 5.84. The van der Waals surface area contributed by atoms with E-state index in [1.54, 1.807) is 0 Å². The highest BCUT2D eigenvalue weighted by Gasteiger charge is 2.52. The fourth-order valence-corrected chi connectivity index (χ4v) is 3.30. The molecule has 0 amide bonds. The average Bonchev–Trinajstić information content (AvgIpc) is 2.88. The third-order valence-electron chi connectivity index (χ3n) is 4.42. The van der Waals surface area contributed by atoms with Crippen molar-refractivity contribution in [3.63, 3.8) is 0 Å². The first-order chi connectivity index (χ1) is 11.2. The van der Waals surface area contributed by atoms with Gasteiger partial charge < -0.3 is 0 Å². The monoisotopic (exact) mass is 299 g/mol. The van der Waals surface area contributed by atoms with Crippen molar-refractivity contribution in [2.75, 3.05) is 6.54 Å². The molecule has 0 N–H and O–H groups in total. The summed E-state index contributed by atoms with van der Waals surface area (Å²) in [4.78, 5) is 2.17. The van der Waals surface area contributed by atoms with Crippen molar-refractivity contribution in [3.8, 4) is 12.1 Å². The highest BCUT2D eigenvalue weighted by atomic mass is 15.2. The summed E-state index contributed by atoms with van der Waals surface area (Å²) in [6.07, 6.45) is 0. The molecule has 3 rings (SSSR count). The number of nitriles is 2. The normalized spacial score (nSPS) is 19.9. The summed E-state index contributed by atoms with van der Waals surface area (Å²) >= 11 is 0. The maximum absolute atomic E-state index is 9.74. The molecule has 23 heavy (non-hydrogen) atoms. The summed E-state index contributed by atoms with van der Waals surface area (Å²) in [7, 11) is 0. The number of hydrogen-bond donors (Lipinski definition) is 0. The van der Waals surface area contributed by atoms with Crippen molar-refractivity contribution >= 4 is 0 Å². The summed E-state index contributed by atoms with van der Waals surface area (Å²) in [5.74, 6) is 0. The largest absolute Gasteiger partial charge is 0.285 e. The van der Waals surface area contributed by atoms with Crippen LogP contribution in [0.3, 0.4) is 0 Å². The van der Waals surface area contributed by atoms with Gasteiger partial charge in [-0.25, -0.2) is 0 Å². The van der Waals surface area contributed by atoms with Crippen LogP contribution >= 0.6 is 0 Å². The van der Waals surface area contributed by atoms with Gasteiger partial charge in [-0.15, -0.1) is 0 Å². The minimum atomic E-state index is -1.20. The molecule has 3 nitrogen and oxygen atoms in total. The van der Waals surface area contributed by atoms with Gasteiger partial charge in [-0.05, 0) is 16.7 Å². The van der Waals surface area contributed by atoms with Crippen LogP contribution in [0.25, 0.3) is 0 Å². The van der Waals surface area contributed by atoms with Gasteiger partial charge in [-0.1, -0.05) is 67.2 Å². The molecule has 1 aliphatic rings. The number of rotatable bonds is 3. The van der Waals surface area contributed by atoms with Gasteiger partial charge in [-0.2, -0.15) is 10.5 Å². The predicted octanol–water partition coefficient (Wildman–Crippen LogP) is 3.83. The van der Waals surface area contributed by atoms with Crippen LogP contribution in [0.5, 0.6) is 0 Å². The minimum absolute atomic E-state index is 0.300. The Labute approximate surface area is 136 Å². The molecule has 112 valence electrons. The summed E-state index contributed by atoms with van der Waals surface area (Å²) in [6.45, 7) is 5.27. The van der Waals surface area contributed by atoms with E-state index in [4.69, 9.17) is 0 Å². The number of nitrogens with zero attached hydrogens (tertiary/aromatic N) is 3. The average molecular weight is 299 g/mol. The first-order valence-corrected chi connectivity index (χ1v) is 7.55. The van der Waals surface area contributed by atoms with E-state index in [1.807, 2.05) is 48.5 Å². The van der Waals surface area contributed by atoms with E-state index < -0.39 is 5.41 Å². The summed E-state index contributed by atoms with van der Waals surface area (Å²) < 4.78 is 0. The maximum Gasteiger partial charge on any atom is 0.185 e. The van der Waals surface area contributed by atoms with Gasteiger partial charge in [0.05, 0.1) is 18.2 Å². The highest BCUT2D eigenvalue weighted by Crippen LogP contribution is 2.49. The van der Waals surface area contributed by atoms with Gasteiger partial charge in [-0.3, -0.25) is 4.90 Å². The van der Waals surface area contributed by atoms with Crippen molar-refractivity contribution in [2.45, 2.75) is 12.6 Å². The Morgan fingerprint density at radius 3 is 2.13 bits per heavy atom. The van der Waals surface area contributed by atoms with Gasteiger partial charge in [0.25, 0.3) is 0 Å². The number of hydrogen-bond acceptors (Lipinski definition) is 3. The van der Waals surface area contributed by atoms with Crippen LogP contribution < -0.4 is 0 Å². The first kappa shape index (κ1) is 15.0. The van der Waals surface area contributed by atoms with E-state index in [0.29, 0.717) is 18.7 Å². The van der Waals surface area contributed by atoms with E-state index in [1.165, 1.54) is 0 Å². The lowest BCUT2D eigenvalue weighted by Gasteiger charge is -2.29. The van der Waals surface area contributed by atoms with Crippen molar-refractivity contribution in [2.24, 2.45) is 5.41 Å². The zero-order chi connectivity index (χ0) is 16.3. The Morgan fingerprint density at radius 2 is 1.57 bits per heavy atom. The molecule has 1 saturated heterocycles. The molecular weight excluding hydrogens is 282 g/mol. The van der Waals surface area contributed by atoms with E-state index in [-0.39, 0.29) is 6.04 Å². The fourth-order valence-electron chi connectivity index (χ4n) is 3.30. The van der Waals surface area contributed by atoms with Gasteiger partial charge in [0.2, 0.25) is 0 Å². The van der Waals surface area contributed by atoms with Crippen molar-refractivity contribution in [1.82, 2.24) is 4.90 Å². The lowest BCUT2D eigenvalue weighted by Crippen LogP contribution is -2.30. The van der Waals surface area contributed by atoms with Crippen LogP contribution in [-0.4, -0.2) is 11.4 Å². The smallest absolute Gasteiger partial charge is 0.185 e. The summed E-state index contributed by atoms with van der Waals surface area (Å²) in [5.41, 5.74) is 1.61. The Morgan fingerprint density at radius 1 is 1.00 bits per heavy atom. The molecule has 0 aliphatic carbocycles. The fraction of sp³-hybridized carbons (Fsp3) is 0.200. The van der Waals surface area contributed by atoms with E-state index in [0.717, 1.165) is 11.1 Å². The third kappa shape index (κ3) is 2.52. The standard InChI is InChI=1S/C20H17N3/c1-16-12-23(13-17-8-4-2-5-9-17)19(20(16,14-21)15-22)18-10-6-3-7-11-18/h2-11,19H,1,12-13H2. The van der Waals surface area contributed by atoms with Crippen LogP contribution in [0.15, 0.2) is 72.8 Å². The molecule has 0 spiro atoms. The van der Waals surface area contributed by atoms with Gasteiger partial charge in [0, 0.05) is 13.1 Å². The zero-order valence-electron chi connectivity index (χ0n) is 12.8. The van der Waals surface area contributed by atoms with Crippen LogP contribution in [0.1, 0.15) is 17.2 Å². The Hall–Kier alpha value is -2.88. The summed E-state index contributed by atoms with van der Waals surface area (Å²) in [6, 6.07) is 24.1.